The summed E-state index contributed by atoms with van der Waals surface area (Å²) in [7, 11) is 1.56. The van der Waals surface area contributed by atoms with Crippen LogP contribution in [0.15, 0.2) is 53.3 Å². The number of aromatic nitrogens is 1. The molecule has 10 heteroatoms. The van der Waals surface area contributed by atoms with Crippen LogP contribution < -0.4 is 14.3 Å². The number of aromatic hydroxyl groups is 1. The molecule has 180 valence electrons. The molecule has 2 aromatic carbocycles. The lowest BCUT2D eigenvalue weighted by atomic mass is 10.0. The number of methoxy groups -OCH3 is 1. The van der Waals surface area contributed by atoms with Crippen molar-refractivity contribution in [1.29, 1.82) is 0 Å². The second-order valence-corrected chi connectivity index (χ2v) is 8.54. The van der Waals surface area contributed by atoms with Gasteiger partial charge in [-0.15, -0.1) is 0 Å². The fourth-order valence-corrected chi connectivity index (χ4v) is 3.93. The highest BCUT2D eigenvalue weighted by atomic mass is 32.1. The monoisotopic (exact) mass is 487 g/mol. The molecule has 0 amide bonds. The summed E-state index contributed by atoms with van der Waals surface area (Å²) >= 11 is 0.964. The van der Waals surface area contributed by atoms with E-state index < -0.39 is 11.9 Å². The number of ether oxygens (including phenoxy) is 3. The van der Waals surface area contributed by atoms with Crippen molar-refractivity contribution >= 4 is 23.3 Å². The standard InChI is InChI=1S/C24H25NO8S/c1-31-19-4-2-3-16(12-19)17(14-33-22(28)10-9-21(26)27)13-32-18-7-5-15(6-8-18)11-20-23(29)25-24(30)34-20/h2-8,12,17,29H,9-11,13-14H2,1H3,(H,25,30)(H,26,27). The molecule has 0 aliphatic rings. The molecule has 0 saturated carbocycles. The van der Waals surface area contributed by atoms with Crippen LogP contribution in [0.5, 0.6) is 17.4 Å². The van der Waals surface area contributed by atoms with Gasteiger partial charge in [0.1, 0.15) is 18.1 Å². The number of hydrogen-bond acceptors (Lipinski definition) is 8. The summed E-state index contributed by atoms with van der Waals surface area (Å²) in [6.07, 6.45) is -0.0783. The second-order valence-electron chi connectivity index (χ2n) is 7.47. The minimum Gasteiger partial charge on any atom is -0.497 e. The lowest BCUT2D eigenvalue weighted by Gasteiger charge is -2.19. The Kier molecular flexibility index (Phi) is 8.69. The van der Waals surface area contributed by atoms with Crippen molar-refractivity contribution in [3.8, 4) is 17.4 Å². The summed E-state index contributed by atoms with van der Waals surface area (Å²) in [5.41, 5.74) is 1.74. The van der Waals surface area contributed by atoms with Gasteiger partial charge in [-0.05, 0) is 35.4 Å². The maximum absolute atomic E-state index is 11.9. The first kappa shape index (κ1) is 24.8. The van der Waals surface area contributed by atoms with Gasteiger partial charge in [-0.25, -0.2) is 0 Å². The highest BCUT2D eigenvalue weighted by Crippen LogP contribution is 2.25. The number of carboxylic acids is 1. The first-order valence-corrected chi connectivity index (χ1v) is 11.3. The number of hydrogen-bond donors (Lipinski definition) is 3. The van der Waals surface area contributed by atoms with Crippen molar-refractivity contribution in [1.82, 2.24) is 4.98 Å². The molecule has 0 aliphatic heterocycles. The third-order valence-corrected chi connectivity index (χ3v) is 5.86. The van der Waals surface area contributed by atoms with E-state index in [1.165, 1.54) is 0 Å². The number of aliphatic carboxylic acids is 1. The van der Waals surface area contributed by atoms with E-state index in [4.69, 9.17) is 19.3 Å². The number of carbonyl (C=O) groups is 2. The minimum absolute atomic E-state index is 0.0232. The number of aromatic amines is 1. The van der Waals surface area contributed by atoms with Crippen molar-refractivity contribution in [2.45, 2.75) is 25.2 Å². The molecular formula is C24H25NO8S. The first-order valence-electron chi connectivity index (χ1n) is 10.5. The largest absolute Gasteiger partial charge is 0.497 e. The number of nitrogens with one attached hydrogen (secondary N) is 1. The molecule has 1 atom stereocenters. The Morgan fingerprint density at radius 1 is 1.06 bits per heavy atom. The molecule has 0 radical (unpaired) electrons. The summed E-state index contributed by atoms with van der Waals surface area (Å²) in [5, 5.41) is 18.5. The number of esters is 1. The Hall–Kier alpha value is -3.79. The van der Waals surface area contributed by atoms with Crippen molar-refractivity contribution in [3.05, 3.63) is 74.2 Å². The minimum atomic E-state index is -1.06. The Morgan fingerprint density at radius 3 is 2.47 bits per heavy atom. The van der Waals surface area contributed by atoms with E-state index >= 15 is 0 Å². The van der Waals surface area contributed by atoms with Gasteiger partial charge in [0.25, 0.3) is 0 Å². The molecule has 1 heterocycles. The number of carboxylic acid groups (broad SMARTS) is 1. The predicted octanol–water partition coefficient (Wildman–Crippen LogP) is 3.31. The lowest BCUT2D eigenvalue weighted by molar-refractivity contribution is -0.148. The molecule has 0 aliphatic carbocycles. The van der Waals surface area contributed by atoms with Crippen molar-refractivity contribution in [3.63, 3.8) is 0 Å². The molecule has 3 N–H and O–H groups in total. The van der Waals surface area contributed by atoms with Crippen LogP contribution >= 0.6 is 11.3 Å². The average molecular weight is 488 g/mol. The van der Waals surface area contributed by atoms with Gasteiger partial charge >= 0.3 is 16.8 Å². The average Bonchev–Trinajstić information content (AvgIpc) is 3.14. The Morgan fingerprint density at radius 2 is 1.82 bits per heavy atom. The Bertz CT molecular complexity index is 1170. The van der Waals surface area contributed by atoms with E-state index in [0.717, 1.165) is 22.5 Å². The van der Waals surface area contributed by atoms with Gasteiger partial charge in [-0.2, -0.15) is 0 Å². The summed E-state index contributed by atoms with van der Waals surface area (Å²) in [4.78, 5) is 36.5. The molecule has 9 nitrogen and oxygen atoms in total. The molecule has 0 fully saturated rings. The predicted molar refractivity (Wildman–Crippen MR) is 125 cm³/mol. The van der Waals surface area contributed by atoms with Crippen LogP contribution in [-0.2, 0) is 20.7 Å². The van der Waals surface area contributed by atoms with Crippen LogP contribution in [0.2, 0.25) is 0 Å². The van der Waals surface area contributed by atoms with Crippen LogP contribution in [0.1, 0.15) is 34.8 Å². The maximum atomic E-state index is 11.9. The Balaban J connectivity index is 1.64. The van der Waals surface area contributed by atoms with E-state index in [-0.39, 0.29) is 42.7 Å². The smallest absolute Gasteiger partial charge is 0.307 e. The highest BCUT2D eigenvalue weighted by Gasteiger charge is 2.17. The Labute approximate surface area is 199 Å². The zero-order valence-electron chi connectivity index (χ0n) is 18.5. The van der Waals surface area contributed by atoms with Gasteiger partial charge < -0.3 is 24.4 Å². The van der Waals surface area contributed by atoms with E-state index in [0.29, 0.717) is 22.8 Å². The van der Waals surface area contributed by atoms with Crippen LogP contribution in [0.3, 0.4) is 0 Å². The molecule has 1 aromatic heterocycles. The number of thiazole rings is 1. The zero-order chi connectivity index (χ0) is 24.5. The third kappa shape index (κ3) is 7.38. The topological polar surface area (TPSA) is 135 Å². The zero-order valence-corrected chi connectivity index (χ0v) is 19.3. The quantitative estimate of drug-likeness (QED) is 0.331. The third-order valence-electron chi connectivity index (χ3n) is 4.99. The normalized spacial score (nSPS) is 11.6. The molecule has 0 spiro atoms. The first-order chi connectivity index (χ1) is 16.3. The molecule has 0 saturated heterocycles. The number of rotatable bonds is 12. The summed E-state index contributed by atoms with van der Waals surface area (Å²) in [6.45, 7) is 0.230. The van der Waals surface area contributed by atoms with Crippen molar-refractivity contribution in [2.24, 2.45) is 0 Å². The maximum Gasteiger partial charge on any atom is 0.307 e. The van der Waals surface area contributed by atoms with Crippen LogP contribution in [-0.4, -0.2) is 47.5 Å². The van der Waals surface area contributed by atoms with Gasteiger partial charge in [-0.1, -0.05) is 35.6 Å². The molecule has 3 aromatic rings. The van der Waals surface area contributed by atoms with Crippen molar-refractivity contribution < 1.29 is 34.0 Å². The van der Waals surface area contributed by atoms with Crippen molar-refractivity contribution in [2.75, 3.05) is 20.3 Å². The molecular weight excluding hydrogens is 462 g/mol. The number of benzene rings is 2. The summed E-state index contributed by atoms with van der Waals surface area (Å²) < 4.78 is 16.5. The van der Waals surface area contributed by atoms with E-state index in [2.05, 4.69) is 4.98 Å². The van der Waals surface area contributed by atoms with Gasteiger partial charge in [0, 0.05) is 6.42 Å². The SMILES string of the molecule is COc1cccc(C(COC(=O)CCC(=O)O)COc2ccc(Cc3sc(=O)[nH]c3O)cc2)c1. The molecule has 3 rings (SSSR count). The van der Waals surface area contributed by atoms with E-state index in [1.807, 2.05) is 30.3 Å². The fraction of sp³-hybridized carbons (Fsp3) is 0.292. The van der Waals surface area contributed by atoms with Crippen LogP contribution in [0.25, 0.3) is 0 Å². The van der Waals surface area contributed by atoms with Gasteiger partial charge in [0.15, 0.2) is 0 Å². The van der Waals surface area contributed by atoms with Gasteiger partial charge in [0.05, 0.1) is 37.4 Å². The van der Waals surface area contributed by atoms with E-state index in [1.54, 1.807) is 25.3 Å². The molecule has 1 unspecified atom stereocenters. The summed E-state index contributed by atoms with van der Waals surface area (Å²) in [5.74, 6) is -0.824. The summed E-state index contributed by atoms with van der Waals surface area (Å²) in [6, 6.07) is 14.6. The number of H-pyrrole nitrogens is 1. The second kappa shape index (κ2) is 11.9. The fourth-order valence-electron chi connectivity index (χ4n) is 3.17. The van der Waals surface area contributed by atoms with Gasteiger partial charge in [0.2, 0.25) is 5.88 Å². The number of carbonyl (C=O) groups excluding carboxylic acids is 1. The molecule has 34 heavy (non-hydrogen) atoms. The highest BCUT2D eigenvalue weighted by molar-refractivity contribution is 7.09. The van der Waals surface area contributed by atoms with Gasteiger partial charge in [-0.3, -0.25) is 19.4 Å². The van der Waals surface area contributed by atoms with Crippen LogP contribution in [0, 0.1) is 0 Å². The lowest BCUT2D eigenvalue weighted by Crippen LogP contribution is -2.19. The molecule has 0 bridgehead atoms. The van der Waals surface area contributed by atoms with E-state index in [9.17, 15) is 19.5 Å². The van der Waals surface area contributed by atoms with Crippen LogP contribution in [0.4, 0.5) is 0 Å².